The lowest BCUT2D eigenvalue weighted by Gasteiger charge is -2.14. The van der Waals surface area contributed by atoms with Crippen LogP contribution < -0.4 is 5.32 Å². The molecule has 2 atom stereocenters. The zero-order valence-electron chi connectivity index (χ0n) is 16.1. The molecule has 7 heteroatoms. The van der Waals surface area contributed by atoms with Crippen LogP contribution in [0.1, 0.15) is 30.4 Å². The number of carbonyl (C=O) groups excluding carboxylic acids is 4. The molecule has 0 unspecified atom stereocenters. The highest BCUT2D eigenvalue weighted by molar-refractivity contribution is 6.05. The number of amides is 3. The number of nitrogens with one attached hydrogen (secondary N) is 1. The number of carbonyl (C=O) groups is 4. The molecule has 1 N–H and O–H groups in total. The topological polar surface area (TPSA) is 92.8 Å². The van der Waals surface area contributed by atoms with Crippen molar-refractivity contribution in [3.8, 4) is 0 Å². The highest BCUT2D eigenvalue weighted by atomic mass is 16.5. The average Bonchev–Trinajstić information content (AvgIpc) is 2.93. The van der Waals surface area contributed by atoms with E-state index in [9.17, 15) is 19.2 Å². The van der Waals surface area contributed by atoms with Crippen LogP contribution >= 0.6 is 0 Å². The molecule has 0 spiro atoms. The molecule has 0 bridgehead atoms. The predicted molar refractivity (Wildman–Crippen MR) is 102 cm³/mol. The number of imide groups is 1. The summed E-state index contributed by atoms with van der Waals surface area (Å²) in [5.41, 5.74) is 2.67. The molecule has 28 heavy (non-hydrogen) atoms. The van der Waals surface area contributed by atoms with Crippen molar-refractivity contribution in [1.82, 2.24) is 4.90 Å². The van der Waals surface area contributed by atoms with Gasteiger partial charge in [0.15, 0.2) is 6.61 Å². The first-order valence-electron chi connectivity index (χ1n) is 9.40. The Labute approximate surface area is 163 Å². The first-order valence-corrected chi connectivity index (χ1v) is 9.40. The third-order valence-electron chi connectivity index (χ3n) is 5.38. The number of fused-ring (bicyclic) bond motifs is 1. The monoisotopic (exact) mass is 384 g/mol. The van der Waals surface area contributed by atoms with Crippen LogP contribution in [0.25, 0.3) is 0 Å². The number of ether oxygens (including phenoxy) is 1. The first-order chi connectivity index (χ1) is 13.4. The summed E-state index contributed by atoms with van der Waals surface area (Å²) in [6.45, 7) is 3.41. The van der Waals surface area contributed by atoms with Gasteiger partial charge in [0, 0.05) is 12.2 Å². The van der Waals surface area contributed by atoms with E-state index in [1.165, 1.54) is 0 Å². The second-order valence-corrected chi connectivity index (χ2v) is 7.19. The summed E-state index contributed by atoms with van der Waals surface area (Å²) >= 11 is 0. The lowest BCUT2D eigenvalue weighted by atomic mass is 9.85. The smallest absolute Gasteiger partial charge is 0.308 e. The number of hydrogen-bond donors (Lipinski definition) is 1. The summed E-state index contributed by atoms with van der Waals surface area (Å²) in [6.07, 6.45) is 4.84. The van der Waals surface area contributed by atoms with Gasteiger partial charge in [-0.1, -0.05) is 24.3 Å². The second-order valence-electron chi connectivity index (χ2n) is 7.19. The van der Waals surface area contributed by atoms with Gasteiger partial charge in [0.05, 0.1) is 18.3 Å². The summed E-state index contributed by atoms with van der Waals surface area (Å²) in [7, 11) is 0. The summed E-state index contributed by atoms with van der Waals surface area (Å²) in [4.78, 5) is 49.8. The van der Waals surface area contributed by atoms with Gasteiger partial charge in [0.25, 0.3) is 5.91 Å². The molecule has 3 amide bonds. The van der Waals surface area contributed by atoms with Crippen LogP contribution in [0.15, 0.2) is 30.4 Å². The van der Waals surface area contributed by atoms with E-state index in [2.05, 4.69) is 5.32 Å². The van der Waals surface area contributed by atoms with Gasteiger partial charge in [-0.05, 0) is 43.9 Å². The van der Waals surface area contributed by atoms with Gasteiger partial charge in [-0.3, -0.25) is 24.1 Å². The van der Waals surface area contributed by atoms with E-state index in [0.29, 0.717) is 18.5 Å². The van der Waals surface area contributed by atoms with Gasteiger partial charge >= 0.3 is 5.97 Å². The lowest BCUT2D eigenvalue weighted by Crippen LogP contribution is -2.33. The lowest BCUT2D eigenvalue weighted by molar-refractivity contribution is -0.148. The Morgan fingerprint density at radius 3 is 2.39 bits per heavy atom. The number of benzene rings is 1. The molecular formula is C21H24N2O5. The molecule has 1 aliphatic heterocycles. The van der Waals surface area contributed by atoms with E-state index in [-0.39, 0.29) is 36.6 Å². The average molecular weight is 384 g/mol. The normalized spacial score (nSPS) is 20.9. The third-order valence-corrected chi connectivity index (χ3v) is 5.38. The molecule has 1 fully saturated rings. The Morgan fingerprint density at radius 1 is 1.11 bits per heavy atom. The molecule has 1 aliphatic carbocycles. The van der Waals surface area contributed by atoms with Crippen LogP contribution in [0.5, 0.6) is 0 Å². The summed E-state index contributed by atoms with van der Waals surface area (Å²) in [5.74, 6) is -2.12. The fraction of sp³-hybridized carbons (Fsp3) is 0.429. The van der Waals surface area contributed by atoms with Crippen LogP contribution in [0.2, 0.25) is 0 Å². The zero-order chi connectivity index (χ0) is 20.3. The highest BCUT2D eigenvalue weighted by Gasteiger charge is 2.46. The number of allylic oxidation sites excluding steroid dienone is 2. The molecule has 0 saturated carbocycles. The van der Waals surface area contributed by atoms with Crippen LogP contribution in [-0.2, 0) is 23.9 Å². The number of esters is 1. The minimum Gasteiger partial charge on any atom is -0.456 e. The molecule has 0 aromatic heterocycles. The van der Waals surface area contributed by atoms with Crippen molar-refractivity contribution in [3.63, 3.8) is 0 Å². The number of rotatable bonds is 6. The van der Waals surface area contributed by atoms with Crippen molar-refractivity contribution >= 4 is 29.4 Å². The van der Waals surface area contributed by atoms with E-state index in [0.717, 1.165) is 16.0 Å². The molecule has 3 rings (SSSR count). The standard InChI is InChI=1S/C21H24N2O5/c1-13-6-5-9-17(14(13)2)22-18(24)12-28-19(25)10-11-23-20(26)15-7-3-4-8-16(15)21(23)27/h3-6,9,15-16H,7-8,10-12H2,1-2H3,(H,22,24)/t15-,16-/m0/s1. The minimum absolute atomic E-state index is 0.0118. The second kappa shape index (κ2) is 8.37. The Bertz CT molecular complexity index is 819. The highest BCUT2D eigenvalue weighted by Crippen LogP contribution is 2.35. The molecule has 7 nitrogen and oxygen atoms in total. The van der Waals surface area contributed by atoms with Gasteiger partial charge in [0.2, 0.25) is 11.8 Å². The van der Waals surface area contributed by atoms with Crippen molar-refractivity contribution in [1.29, 1.82) is 0 Å². The number of hydrogen-bond acceptors (Lipinski definition) is 5. The van der Waals surface area contributed by atoms with Crippen LogP contribution in [0.4, 0.5) is 5.69 Å². The van der Waals surface area contributed by atoms with E-state index in [1.807, 2.05) is 38.1 Å². The van der Waals surface area contributed by atoms with E-state index < -0.39 is 18.5 Å². The predicted octanol–water partition coefficient (Wildman–Crippen LogP) is 2.13. The Morgan fingerprint density at radius 2 is 1.75 bits per heavy atom. The fourth-order valence-corrected chi connectivity index (χ4v) is 3.58. The third kappa shape index (κ3) is 4.13. The minimum atomic E-state index is -0.621. The largest absolute Gasteiger partial charge is 0.456 e. The number of likely N-dealkylation sites (tertiary alicyclic amines) is 1. The molecule has 2 aliphatic rings. The van der Waals surface area contributed by atoms with Crippen molar-refractivity contribution in [2.45, 2.75) is 33.1 Å². The summed E-state index contributed by atoms with van der Waals surface area (Å²) in [5, 5.41) is 2.71. The van der Waals surface area contributed by atoms with Crippen molar-refractivity contribution < 1.29 is 23.9 Å². The summed E-state index contributed by atoms with van der Waals surface area (Å²) < 4.78 is 4.98. The maximum atomic E-state index is 12.3. The maximum Gasteiger partial charge on any atom is 0.308 e. The SMILES string of the molecule is Cc1cccc(NC(=O)COC(=O)CCN2C(=O)[C@H]3CC=CC[C@@H]3C2=O)c1C. The fourth-order valence-electron chi connectivity index (χ4n) is 3.58. The van der Waals surface area contributed by atoms with Crippen LogP contribution in [-0.4, -0.2) is 41.7 Å². The van der Waals surface area contributed by atoms with E-state index in [4.69, 9.17) is 4.74 Å². The van der Waals surface area contributed by atoms with Crippen molar-refractivity contribution in [2.75, 3.05) is 18.5 Å². The Kier molecular flexibility index (Phi) is 5.92. The quantitative estimate of drug-likeness (QED) is 0.461. The molecule has 1 aromatic rings. The number of aryl methyl sites for hydroxylation is 1. The van der Waals surface area contributed by atoms with E-state index >= 15 is 0 Å². The molecule has 1 aromatic carbocycles. The van der Waals surface area contributed by atoms with Gasteiger partial charge in [-0.25, -0.2) is 0 Å². The Hall–Kier alpha value is -2.96. The van der Waals surface area contributed by atoms with Gasteiger partial charge in [0.1, 0.15) is 0 Å². The van der Waals surface area contributed by atoms with Crippen LogP contribution in [0.3, 0.4) is 0 Å². The van der Waals surface area contributed by atoms with Gasteiger partial charge in [-0.2, -0.15) is 0 Å². The van der Waals surface area contributed by atoms with Crippen molar-refractivity contribution in [3.05, 3.63) is 41.5 Å². The number of nitrogens with zero attached hydrogens (tertiary/aromatic N) is 1. The molecule has 1 saturated heterocycles. The first kappa shape index (κ1) is 19.8. The Balaban J connectivity index is 1.45. The molecule has 1 heterocycles. The van der Waals surface area contributed by atoms with Crippen molar-refractivity contribution in [2.24, 2.45) is 11.8 Å². The molecule has 148 valence electrons. The van der Waals surface area contributed by atoms with Gasteiger partial charge in [-0.15, -0.1) is 0 Å². The number of anilines is 1. The summed E-state index contributed by atoms with van der Waals surface area (Å²) in [6, 6.07) is 5.56. The molecular weight excluding hydrogens is 360 g/mol. The molecule has 0 radical (unpaired) electrons. The van der Waals surface area contributed by atoms with Crippen LogP contribution in [0, 0.1) is 25.7 Å². The zero-order valence-corrected chi connectivity index (χ0v) is 16.1. The van der Waals surface area contributed by atoms with E-state index in [1.54, 1.807) is 6.07 Å². The maximum absolute atomic E-state index is 12.3. The van der Waals surface area contributed by atoms with Gasteiger partial charge < -0.3 is 10.1 Å².